The molecule has 1 aromatic carbocycles. The van der Waals surface area contributed by atoms with E-state index in [9.17, 15) is 4.79 Å². The van der Waals surface area contributed by atoms with E-state index in [1.165, 1.54) is 17.5 Å². The maximum atomic E-state index is 12.5. The van der Waals surface area contributed by atoms with Crippen molar-refractivity contribution in [1.29, 1.82) is 0 Å². The number of aromatic nitrogens is 2. The molecule has 1 heterocycles. The van der Waals surface area contributed by atoms with Gasteiger partial charge in [-0.05, 0) is 50.3 Å². The highest BCUT2D eigenvalue weighted by molar-refractivity contribution is 6.32. The number of nitrogens with zero attached hydrogens (tertiary/aromatic N) is 2. The van der Waals surface area contributed by atoms with E-state index < -0.39 is 0 Å². The fraction of sp³-hybridized carbons (Fsp3) is 0.412. The predicted octanol–water partition coefficient (Wildman–Crippen LogP) is 3.78. The summed E-state index contributed by atoms with van der Waals surface area (Å²) in [6.07, 6.45) is 3.73. The molecule has 0 bridgehead atoms. The van der Waals surface area contributed by atoms with E-state index in [0.717, 1.165) is 36.3 Å². The van der Waals surface area contributed by atoms with Crippen molar-refractivity contribution >= 4 is 17.4 Å². The van der Waals surface area contributed by atoms with Crippen LogP contribution in [0.1, 0.15) is 46.2 Å². The lowest BCUT2D eigenvalue weighted by Gasteiger charge is -2.07. The van der Waals surface area contributed by atoms with Crippen LogP contribution in [0.15, 0.2) is 18.2 Å². The van der Waals surface area contributed by atoms with Crippen LogP contribution < -0.4 is 0 Å². The Labute approximate surface area is 129 Å². The lowest BCUT2D eigenvalue weighted by Crippen LogP contribution is -2.10. The average molecular weight is 303 g/mol. The Hall–Kier alpha value is -1.61. The van der Waals surface area contributed by atoms with Crippen LogP contribution in [0.3, 0.4) is 0 Å². The normalized spacial score (nSPS) is 13.5. The molecule has 0 unspecified atom stereocenters. The van der Waals surface area contributed by atoms with E-state index in [2.05, 4.69) is 17.2 Å². The molecule has 0 amide bonds. The summed E-state index contributed by atoms with van der Waals surface area (Å²) in [4.78, 5) is 12.5. The van der Waals surface area contributed by atoms with Gasteiger partial charge in [-0.3, -0.25) is 9.48 Å². The zero-order valence-corrected chi connectivity index (χ0v) is 13.2. The molecule has 1 aromatic heterocycles. The van der Waals surface area contributed by atoms with Crippen molar-refractivity contribution in [3.63, 3.8) is 0 Å². The van der Waals surface area contributed by atoms with E-state index >= 15 is 0 Å². The minimum atomic E-state index is 0.112. The number of halogens is 1. The first-order valence-corrected chi connectivity index (χ1v) is 7.84. The lowest BCUT2D eigenvalue weighted by atomic mass is 10.0. The molecule has 3 nitrogen and oxygen atoms in total. The zero-order chi connectivity index (χ0) is 15.0. The Morgan fingerprint density at radius 1 is 1.33 bits per heavy atom. The summed E-state index contributed by atoms with van der Waals surface area (Å²) < 4.78 is 1.82. The topological polar surface area (TPSA) is 34.9 Å². The summed E-state index contributed by atoms with van der Waals surface area (Å²) in [5.41, 5.74) is 5.11. The first-order valence-electron chi connectivity index (χ1n) is 7.47. The van der Waals surface area contributed by atoms with Crippen LogP contribution in [0.5, 0.6) is 0 Å². The maximum absolute atomic E-state index is 12.5. The van der Waals surface area contributed by atoms with Gasteiger partial charge < -0.3 is 0 Å². The number of hydrogen-bond donors (Lipinski definition) is 0. The zero-order valence-electron chi connectivity index (χ0n) is 12.4. The molecule has 0 saturated carbocycles. The Morgan fingerprint density at radius 3 is 2.86 bits per heavy atom. The van der Waals surface area contributed by atoms with Crippen molar-refractivity contribution in [2.75, 3.05) is 0 Å². The minimum absolute atomic E-state index is 0.112. The molecule has 0 atom stereocenters. The van der Waals surface area contributed by atoms with Crippen LogP contribution in [0.2, 0.25) is 5.02 Å². The van der Waals surface area contributed by atoms with Crippen molar-refractivity contribution < 1.29 is 4.79 Å². The van der Waals surface area contributed by atoms with Gasteiger partial charge in [-0.25, -0.2) is 0 Å². The molecular formula is C17H19ClN2O. The van der Waals surface area contributed by atoms with E-state index in [-0.39, 0.29) is 5.78 Å². The summed E-state index contributed by atoms with van der Waals surface area (Å²) >= 11 is 6.28. The number of ketones is 1. The summed E-state index contributed by atoms with van der Waals surface area (Å²) in [6.45, 7) is 4.60. The van der Waals surface area contributed by atoms with Crippen molar-refractivity contribution in [3.05, 3.63) is 51.3 Å². The van der Waals surface area contributed by atoms with E-state index in [0.29, 0.717) is 11.4 Å². The van der Waals surface area contributed by atoms with Crippen molar-refractivity contribution in [2.24, 2.45) is 0 Å². The summed E-state index contributed by atoms with van der Waals surface area (Å²) in [6, 6.07) is 6.09. The second kappa shape index (κ2) is 5.64. The fourth-order valence-electron chi connectivity index (χ4n) is 3.04. The highest BCUT2D eigenvalue weighted by Gasteiger charge is 2.18. The highest BCUT2D eigenvalue weighted by atomic mass is 35.5. The van der Waals surface area contributed by atoms with Gasteiger partial charge in [0.2, 0.25) is 0 Å². The number of hydrogen-bond acceptors (Lipinski definition) is 2. The van der Waals surface area contributed by atoms with Gasteiger partial charge in [0.15, 0.2) is 5.78 Å². The van der Waals surface area contributed by atoms with Crippen LogP contribution in [0, 0.1) is 6.92 Å². The molecule has 4 heteroatoms. The third-order valence-electron chi connectivity index (χ3n) is 4.20. The summed E-state index contributed by atoms with van der Waals surface area (Å²) in [5, 5.41) is 4.98. The standard InChI is InChI=1S/C17H19ClN2O/c1-3-20-15(17(18)11(2)19-20)10-16(21)14-8-7-12-5-4-6-13(12)9-14/h7-9H,3-6,10H2,1-2H3. The van der Waals surface area contributed by atoms with Crippen molar-refractivity contribution in [2.45, 2.75) is 46.1 Å². The number of fused-ring (bicyclic) bond motifs is 1. The van der Waals surface area contributed by atoms with Crippen LogP contribution in [0.4, 0.5) is 0 Å². The van der Waals surface area contributed by atoms with Crippen molar-refractivity contribution in [1.82, 2.24) is 9.78 Å². The van der Waals surface area contributed by atoms with E-state index in [1.807, 2.05) is 24.6 Å². The number of benzene rings is 1. The monoisotopic (exact) mass is 302 g/mol. The van der Waals surface area contributed by atoms with Gasteiger partial charge in [-0.15, -0.1) is 0 Å². The van der Waals surface area contributed by atoms with Crippen LogP contribution in [0.25, 0.3) is 0 Å². The molecule has 0 aliphatic heterocycles. The third-order valence-corrected chi connectivity index (χ3v) is 4.69. The molecule has 0 saturated heterocycles. The van der Waals surface area contributed by atoms with E-state index in [1.54, 1.807) is 0 Å². The first-order chi connectivity index (χ1) is 10.1. The highest BCUT2D eigenvalue weighted by Crippen LogP contribution is 2.25. The predicted molar refractivity (Wildman–Crippen MR) is 84.1 cm³/mol. The molecule has 0 radical (unpaired) electrons. The summed E-state index contributed by atoms with van der Waals surface area (Å²) in [7, 11) is 0. The molecule has 1 aliphatic carbocycles. The van der Waals surface area contributed by atoms with Crippen molar-refractivity contribution in [3.8, 4) is 0 Å². The molecule has 0 N–H and O–H groups in total. The van der Waals surface area contributed by atoms with Gasteiger partial charge in [-0.1, -0.05) is 23.7 Å². The maximum Gasteiger partial charge on any atom is 0.168 e. The molecule has 21 heavy (non-hydrogen) atoms. The number of rotatable bonds is 4. The van der Waals surface area contributed by atoms with Gasteiger partial charge in [0.25, 0.3) is 0 Å². The number of Topliss-reactive ketones (excluding diaryl/α,β-unsaturated/α-hetero) is 1. The van der Waals surface area contributed by atoms with Gasteiger partial charge in [0.1, 0.15) is 0 Å². The number of carbonyl (C=O) groups excluding carboxylic acids is 1. The quantitative estimate of drug-likeness (QED) is 0.806. The van der Waals surface area contributed by atoms with Crippen LogP contribution in [-0.2, 0) is 25.8 Å². The molecular weight excluding hydrogens is 284 g/mol. The Balaban J connectivity index is 1.87. The smallest absolute Gasteiger partial charge is 0.168 e. The Morgan fingerprint density at radius 2 is 2.10 bits per heavy atom. The first kappa shape index (κ1) is 14.3. The lowest BCUT2D eigenvalue weighted by molar-refractivity contribution is 0.0990. The van der Waals surface area contributed by atoms with Gasteiger partial charge in [-0.2, -0.15) is 5.10 Å². The fourth-order valence-corrected chi connectivity index (χ4v) is 3.24. The Kier molecular flexibility index (Phi) is 3.85. The number of carbonyl (C=O) groups is 1. The largest absolute Gasteiger partial charge is 0.294 e. The second-order valence-electron chi connectivity index (χ2n) is 5.60. The van der Waals surface area contributed by atoms with E-state index in [4.69, 9.17) is 11.6 Å². The molecule has 2 aromatic rings. The van der Waals surface area contributed by atoms with Gasteiger partial charge >= 0.3 is 0 Å². The van der Waals surface area contributed by atoms with Gasteiger partial charge in [0.05, 0.1) is 22.8 Å². The number of aryl methyl sites for hydroxylation is 4. The van der Waals surface area contributed by atoms with Gasteiger partial charge in [0, 0.05) is 12.1 Å². The van der Waals surface area contributed by atoms with Crippen LogP contribution in [-0.4, -0.2) is 15.6 Å². The SMILES string of the molecule is CCn1nc(C)c(Cl)c1CC(=O)c1ccc2c(c1)CCC2. The molecule has 3 rings (SSSR count). The average Bonchev–Trinajstić information content (AvgIpc) is 3.05. The molecule has 0 spiro atoms. The third kappa shape index (κ3) is 2.62. The summed E-state index contributed by atoms with van der Waals surface area (Å²) in [5.74, 6) is 0.112. The minimum Gasteiger partial charge on any atom is -0.294 e. The second-order valence-corrected chi connectivity index (χ2v) is 5.98. The Bertz CT molecular complexity index is 703. The van der Waals surface area contributed by atoms with Crippen LogP contribution >= 0.6 is 11.6 Å². The molecule has 1 aliphatic rings. The molecule has 110 valence electrons. The molecule has 0 fully saturated rings.